The van der Waals surface area contributed by atoms with Gasteiger partial charge in [-0.05, 0) is 43.3 Å². The van der Waals surface area contributed by atoms with Gasteiger partial charge in [-0.2, -0.15) is 13.2 Å². The van der Waals surface area contributed by atoms with Crippen molar-refractivity contribution in [1.29, 1.82) is 0 Å². The second kappa shape index (κ2) is 7.16. The average Bonchev–Trinajstić information content (AvgIpc) is 2.55. The summed E-state index contributed by atoms with van der Waals surface area (Å²) in [6, 6.07) is 11.8. The van der Waals surface area contributed by atoms with Crippen LogP contribution in [-0.4, -0.2) is 18.0 Å². The molecule has 1 atom stereocenters. The van der Waals surface area contributed by atoms with Crippen molar-refractivity contribution in [2.24, 2.45) is 0 Å². The van der Waals surface area contributed by atoms with Crippen molar-refractivity contribution in [1.82, 2.24) is 0 Å². The van der Waals surface area contributed by atoms with E-state index in [1.165, 1.54) is 6.92 Å². The molecule has 0 saturated heterocycles. The van der Waals surface area contributed by atoms with Crippen molar-refractivity contribution in [3.05, 3.63) is 65.7 Å². The van der Waals surface area contributed by atoms with Gasteiger partial charge >= 0.3 is 18.1 Å². The number of hydrogen-bond acceptors (Lipinski definition) is 4. The molecule has 0 aliphatic rings. The van der Waals surface area contributed by atoms with E-state index >= 15 is 0 Å². The van der Waals surface area contributed by atoms with Gasteiger partial charge in [0.2, 0.25) is 0 Å². The summed E-state index contributed by atoms with van der Waals surface area (Å²) in [4.78, 5) is 23.6. The van der Waals surface area contributed by atoms with E-state index in [2.05, 4.69) is 4.74 Å². The number of benzene rings is 2. The zero-order valence-electron chi connectivity index (χ0n) is 12.5. The molecule has 0 radical (unpaired) electrons. The zero-order valence-corrected chi connectivity index (χ0v) is 12.5. The van der Waals surface area contributed by atoms with Crippen LogP contribution in [0.1, 0.15) is 22.8 Å². The third kappa shape index (κ3) is 4.58. The Hall–Kier alpha value is -2.83. The fraction of sp³-hybridized carbons (Fsp3) is 0.176. The van der Waals surface area contributed by atoms with Crippen molar-refractivity contribution < 1.29 is 32.2 Å². The van der Waals surface area contributed by atoms with Crippen LogP contribution in [0.2, 0.25) is 0 Å². The fourth-order valence-corrected chi connectivity index (χ4v) is 1.78. The number of carbonyl (C=O) groups is 2. The third-order valence-electron chi connectivity index (χ3n) is 3.03. The van der Waals surface area contributed by atoms with Crippen molar-refractivity contribution in [2.45, 2.75) is 19.2 Å². The van der Waals surface area contributed by atoms with Crippen LogP contribution in [0.15, 0.2) is 54.6 Å². The lowest BCUT2D eigenvalue weighted by Gasteiger charge is -2.13. The molecule has 1 unspecified atom stereocenters. The molecule has 0 spiro atoms. The average molecular weight is 338 g/mol. The van der Waals surface area contributed by atoms with Gasteiger partial charge in [-0.1, -0.05) is 18.2 Å². The van der Waals surface area contributed by atoms with Crippen LogP contribution in [0.3, 0.4) is 0 Å². The highest BCUT2D eigenvalue weighted by Crippen LogP contribution is 2.29. The quantitative estimate of drug-likeness (QED) is 0.627. The molecule has 0 bridgehead atoms. The maximum Gasteiger partial charge on any atom is 0.416 e. The molecule has 4 nitrogen and oxygen atoms in total. The van der Waals surface area contributed by atoms with Gasteiger partial charge in [0.1, 0.15) is 5.75 Å². The molecule has 0 N–H and O–H groups in total. The first-order chi connectivity index (χ1) is 11.3. The topological polar surface area (TPSA) is 52.6 Å². The van der Waals surface area contributed by atoms with Crippen molar-refractivity contribution in [2.75, 3.05) is 0 Å². The number of para-hydroxylation sites is 1. The molecule has 0 aromatic heterocycles. The Morgan fingerprint density at radius 2 is 1.54 bits per heavy atom. The summed E-state index contributed by atoms with van der Waals surface area (Å²) in [6.07, 6.45) is -5.55. The summed E-state index contributed by atoms with van der Waals surface area (Å²) < 4.78 is 47.3. The predicted octanol–water partition coefficient (Wildman–Crippen LogP) is 3.86. The minimum Gasteiger partial charge on any atom is -0.479 e. The molecule has 7 heteroatoms. The smallest absolute Gasteiger partial charge is 0.416 e. The molecular formula is C17H13F3O4. The summed E-state index contributed by atoms with van der Waals surface area (Å²) in [5, 5.41) is 0. The standard InChI is InChI=1S/C17H13F3O4/c1-11(23-14-5-3-2-4-6-14)15(21)24-16(22)12-7-9-13(10-8-12)17(18,19)20/h2-11H,1H3. The van der Waals surface area contributed by atoms with Gasteiger partial charge in [0, 0.05) is 0 Å². The number of carbonyl (C=O) groups excluding carboxylic acids is 2. The second-order valence-corrected chi connectivity index (χ2v) is 4.86. The van der Waals surface area contributed by atoms with Crippen molar-refractivity contribution in [3.8, 4) is 5.75 Å². The number of hydrogen-bond donors (Lipinski definition) is 0. The number of ether oxygens (including phenoxy) is 2. The van der Waals surface area contributed by atoms with Crippen LogP contribution in [0.5, 0.6) is 5.75 Å². The SMILES string of the molecule is CC(Oc1ccccc1)C(=O)OC(=O)c1ccc(C(F)(F)F)cc1. The van der Waals surface area contributed by atoms with Gasteiger partial charge in [-0.25, -0.2) is 9.59 Å². The first-order valence-corrected chi connectivity index (χ1v) is 6.92. The van der Waals surface area contributed by atoms with Crippen LogP contribution in [0.25, 0.3) is 0 Å². The van der Waals surface area contributed by atoms with Crippen LogP contribution < -0.4 is 4.74 Å². The normalized spacial score (nSPS) is 12.3. The number of rotatable bonds is 4. The molecule has 0 amide bonds. The Morgan fingerprint density at radius 3 is 2.08 bits per heavy atom. The van der Waals surface area contributed by atoms with Gasteiger partial charge in [0.15, 0.2) is 6.10 Å². The molecule has 2 aromatic carbocycles. The molecule has 0 heterocycles. The maximum atomic E-state index is 12.5. The fourth-order valence-electron chi connectivity index (χ4n) is 1.78. The van der Waals surface area contributed by atoms with E-state index in [0.717, 1.165) is 24.3 Å². The molecule has 0 aliphatic carbocycles. The molecule has 0 fully saturated rings. The van der Waals surface area contributed by atoms with E-state index in [1.807, 2.05) is 0 Å². The Labute approximate surface area is 135 Å². The summed E-state index contributed by atoms with van der Waals surface area (Å²) >= 11 is 0. The third-order valence-corrected chi connectivity index (χ3v) is 3.03. The van der Waals surface area contributed by atoms with E-state index in [-0.39, 0.29) is 5.56 Å². The molecule has 2 rings (SSSR count). The number of esters is 2. The largest absolute Gasteiger partial charge is 0.479 e. The minimum atomic E-state index is -4.50. The predicted molar refractivity (Wildman–Crippen MR) is 78.4 cm³/mol. The molecule has 0 saturated carbocycles. The highest BCUT2D eigenvalue weighted by molar-refractivity contribution is 5.97. The van der Waals surface area contributed by atoms with E-state index < -0.39 is 29.8 Å². The summed E-state index contributed by atoms with van der Waals surface area (Å²) in [5.41, 5.74) is -1.06. The van der Waals surface area contributed by atoms with Crippen LogP contribution >= 0.6 is 0 Å². The molecule has 24 heavy (non-hydrogen) atoms. The Bertz CT molecular complexity index is 709. The van der Waals surface area contributed by atoms with E-state index in [1.54, 1.807) is 30.3 Å². The summed E-state index contributed by atoms with van der Waals surface area (Å²) in [7, 11) is 0. The Kier molecular flexibility index (Phi) is 5.23. The van der Waals surface area contributed by atoms with Crippen LogP contribution in [0, 0.1) is 0 Å². The molecule has 0 aliphatic heterocycles. The number of alkyl halides is 3. The molecule has 2 aromatic rings. The Balaban J connectivity index is 1.97. The Morgan fingerprint density at radius 1 is 0.958 bits per heavy atom. The molecule has 126 valence electrons. The van der Waals surface area contributed by atoms with E-state index in [0.29, 0.717) is 5.75 Å². The summed E-state index contributed by atoms with van der Waals surface area (Å²) in [5.74, 6) is -1.56. The zero-order chi connectivity index (χ0) is 17.7. The van der Waals surface area contributed by atoms with E-state index in [9.17, 15) is 22.8 Å². The second-order valence-electron chi connectivity index (χ2n) is 4.86. The van der Waals surface area contributed by atoms with Crippen LogP contribution in [0.4, 0.5) is 13.2 Å². The van der Waals surface area contributed by atoms with Gasteiger partial charge < -0.3 is 9.47 Å². The van der Waals surface area contributed by atoms with Gasteiger partial charge in [0.25, 0.3) is 0 Å². The van der Waals surface area contributed by atoms with Crippen molar-refractivity contribution in [3.63, 3.8) is 0 Å². The van der Waals surface area contributed by atoms with Crippen LogP contribution in [-0.2, 0) is 15.7 Å². The lowest BCUT2D eigenvalue weighted by atomic mass is 10.1. The minimum absolute atomic E-state index is 0.164. The maximum absolute atomic E-state index is 12.5. The van der Waals surface area contributed by atoms with Gasteiger partial charge in [0.05, 0.1) is 11.1 Å². The van der Waals surface area contributed by atoms with E-state index in [4.69, 9.17) is 4.74 Å². The first kappa shape index (κ1) is 17.5. The highest BCUT2D eigenvalue weighted by Gasteiger charge is 2.30. The molecular weight excluding hydrogens is 325 g/mol. The first-order valence-electron chi connectivity index (χ1n) is 6.92. The summed E-state index contributed by atoms with van der Waals surface area (Å²) in [6.45, 7) is 1.40. The lowest BCUT2D eigenvalue weighted by Crippen LogP contribution is -2.28. The number of halogens is 3. The van der Waals surface area contributed by atoms with Crippen molar-refractivity contribution >= 4 is 11.9 Å². The van der Waals surface area contributed by atoms with Gasteiger partial charge in [-0.15, -0.1) is 0 Å². The monoisotopic (exact) mass is 338 g/mol. The van der Waals surface area contributed by atoms with Gasteiger partial charge in [-0.3, -0.25) is 0 Å². The highest BCUT2D eigenvalue weighted by atomic mass is 19.4. The lowest BCUT2D eigenvalue weighted by molar-refractivity contribution is -0.145.